The van der Waals surface area contributed by atoms with Gasteiger partial charge in [0.25, 0.3) is 5.56 Å². The van der Waals surface area contributed by atoms with Crippen molar-refractivity contribution >= 4 is 11.8 Å². The van der Waals surface area contributed by atoms with Crippen molar-refractivity contribution in [3.63, 3.8) is 0 Å². The van der Waals surface area contributed by atoms with Gasteiger partial charge in [0.05, 0.1) is 6.54 Å². The standard InChI is InChI=1S/C13H18N4O3/c18-11-7-10(14-13(15-11)9-1-2-9)17-5-3-16(4-6-17)8-12(19)20/h7,9H,1-6,8H2,(H,19,20)(H,14,15,18). The SMILES string of the molecule is O=C(O)CN1CCN(c2cc(=O)[nH]c(C3CC3)n2)CC1. The summed E-state index contributed by atoms with van der Waals surface area (Å²) in [6.45, 7) is 2.84. The first kappa shape index (κ1) is 13.1. The van der Waals surface area contributed by atoms with Crippen LogP contribution in [-0.4, -0.2) is 58.7 Å². The molecule has 0 amide bonds. The highest BCUT2D eigenvalue weighted by atomic mass is 16.4. The molecule has 0 radical (unpaired) electrons. The fraction of sp³-hybridized carbons (Fsp3) is 0.615. The van der Waals surface area contributed by atoms with Gasteiger partial charge in [-0.2, -0.15) is 0 Å². The van der Waals surface area contributed by atoms with Gasteiger partial charge in [-0.3, -0.25) is 14.5 Å². The topological polar surface area (TPSA) is 89.5 Å². The van der Waals surface area contributed by atoms with Gasteiger partial charge in [0.1, 0.15) is 11.6 Å². The lowest BCUT2D eigenvalue weighted by Gasteiger charge is -2.34. The Morgan fingerprint density at radius 3 is 2.65 bits per heavy atom. The Balaban J connectivity index is 1.68. The van der Waals surface area contributed by atoms with Crippen molar-refractivity contribution in [2.75, 3.05) is 37.6 Å². The summed E-state index contributed by atoms with van der Waals surface area (Å²) in [7, 11) is 0. The Morgan fingerprint density at radius 1 is 1.35 bits per heavy atom. The number of nitrogens with one attached hydrogen (secondary N) is 1. The summed E-state index contributed by atoms with van der Waals surface area (Å²) >= 11 is 0. The number of hydrogen-bond acceptors (Lipinski definition) is 5. The molecule has 2 fully saturated rings. The summed E-state index contributed by atoms with van der Waals surface area (Å²) in [6.07, 6.45) is 2.19. The smallest absolute Gasteiger partial charge is 0.317 e. The fourth-order valence-corrected chi connectivity index (χ4v) is 2.50. The number of piperazine rings is 1. The van der Waals surface area contributed by atoms with Crippen molar-refractivity contribution in [3.8, 4) is 0 Å². The molecule has 7 heteroatoms. The molecule has 108 valence electrons. The van der Waals surface area contributed by atoms with Crippen LogP contribution in [0.25, 0.3) is 0 Å². The number of aromatic nitrogens is 2. The van der Waals surface area contributed by atoms with Crippen LogP contribution in [0.1, 0.15) is 24.6 Å². The molecule has 1 aliphatic heterocycles. The minimum Gasteiger partial charge on any atom is -0.480 e. The zero-order valence-corrected chi connectivity index (χ0v) is 11.2. The Morgan fingerprint density at radius 2 is 2.05 bits per heavy atom. The van der Waals surface area contributed by atoms with Crippen LogP contribution in [0.15, 0.2) is 10.9 Å². The van der Waals surface area contributed by atoms with E-state index in [1.54, 1.807) is 0 Å². The van der Waals surface area contributed by atoms with Crippen LogP contribution in [0.2, 0.25) is 0 Å². The first-order valence-corrected chi connectivity index (χ1v) is 6.92. The molecule has 7 nitrogen and oxygen atoms in total. The number of H-pyrrole nitrogens is 1. The van der Waals surface area contributed by atoms with Crippen molar-refractivity contribution in [1.82, 2.24) is 14.9 Å². The molecule has 2 heterocycles. The lowest BCUT2D eigenvalue weighted by molar-refractivity contribution is -0.138. The van der Waals surface area contributed by atoms with E-state index in [9.17, 15) is 9.59 Å². The number of aliphatic carboxylic acids is 1. The molecular weight excluding hydrogens is 260 g/mol. The van der Waals surface area contributed by atoms with E-state index in [0.717, 1.165) is 18.7 Å². The number of nitrogens with zero attached hydrogens (tertiary/aromatic N) is 3. The van der Waals surface area contributed by atoms with Gasteiger partial charge >= 0.3 is 5.97 Å². The molecule has 1 aliphatic carbocycles. The molecule has 1 aromatic heterocycles. The van der Waals surface area contributed by atoms with Crippen LogP contribution in [0, 0.1) is 0 Å². The fourth-order valence-electron chi connectivity index (χ4n) is 2.50. The quantitative estimate of drug-likeness (QED) is 0.796. The van der Waals surface area contributed by atoms with E-state index in [-0.39, 0.29) is 12.1 Å². The highest BCUT2D eigenvalue weighted by Gasteiger charge is 2.27. The largest absolute Gasteiger partial charge is 0.480 e. The molecule has 0 spiro atoms. The number of rotatable bonds is 4. The Bertz CT molecular complexity index is 559. The van der Waals surface area contributed by atoms with Gasteiger partial charge < -0.3 is 15.0 Å². The van der Waals surface area contributed by atoms with Crippen LogP contribution >= 0.6 is 0 Å². The third kappa shape index (κ3) is 2.98. The third-order valence-electron chi connectivity index (χ3n) is 3.77. The summed E-state index contributed by atoms with van der Waals surface area (Å²) in [5.41, 5.74) is -0.107. The molecule has 3 rings (SSSR count). The maximum Gasteiger partial charge on any atom is 0.317 e. The second-order valence-electron chi connectivity index (χ2n) is 5.42. The van der Waals surface area contributed by atoms with Crippen molar-refractivity contribution in [2.45, 2.75) is 18.8 Å². The normalized spacial score (nSPS) is 20.1. The lowest BCUT2D eigenvalue weighted by Crippen LogP contribution is -2.48. The van der Waals surface area contributed by atoms with E-state index in [0.29, 0.717) is 37.9 Å². The monoisotopic (exact) mass is 278 g/mol. The summed E-state index contributed by atoms with van der Waals surface area (Å²) in [5, 5.41) is 8.78. The molecular formula is C13H18N4O3. The van der Waals surface area contributed by atoms with Crippen molar-refractivity contribution < 1.29 is 9.90 Å². The van der Waals surface area contributed by atoms with E-state index in [2.05, 4.69) is 14.9 Å². The van der Waals surface area contributed by atoms with Crippen molar-refractivity contribution in [1.29, 1.82) is 0 Å². The van der Waals surface area contributed by atoms with Crippen LogP contribution in [0.3, 0.4) is 0 Å². The number of carbonyl (C=O) groups is 1. The highest BCUT2D eigenvalue weighted by Crippen LogP contribution is 2.37. The summed E-state index contributed by atoms with van der Waals surface area (Å²) in [6, 6.07) is 1.53. The van der Waals surface area contributed by atoms with Crippen molar-refractivity contribution in [2.24, 2.45) is 0 Å². The van der Waals surface area contributed by atoms with Crippen LogP contribution < -0.4 is 10.5 Å². The number of carboxylic acid groups (broad SMARTS) is 1. The van der Waals surface area contributed by atoms with Gasteiger partial charge in [0.15, 0.2) is 0 Å². The second-order valence-corrected chi connectivity index (χ2v) is 5.42. The first-order valence-electron chi connectivity index (χ1n) is 6.92. The first-order chi connectivity index (χ1) is 9.61. The molecule has 2 aliphatic rings. The Labute approximate surface area is 116 Å². The lowest BCUT2D eigenvalue weighted by atomic mass is 10.3. The summed E-state index contributed by atoms with van der Waals surface area (Å²) in [4.78, 5) is 33.7. The van der Waals surface area contributed by atoms with E-state index < -0.39 is 5.97 Å². The van der Waals surface area contributed by atoms with Crippen LogP contribution in [-0.2, 0) is 4.79 Å². The minimum absolute atomic E-state index is 0.0734. The number of carboxylic acids is 1. The third-order valence-corrected chi connectivity index (χ3v) is 3.77. The molecule has 1 aromatic rings. The van der Waals surface area contributed by atoms with Gasteiger partial charge in [0.2, 0.25) is 0 Å². The molecule has 1 saturated heterocycles. The van der Waals surface area contributed by atoms with Gasteiger partial charge in [-0.05, 0) is 12.8 Å². The molecule has 20 heavy (non-hydrogen) atoms. The Kier molecular flexibility index (Phi) is 3.43. The van der Waals surface area contributed by atoms with Gasteiger partial charge in [-0.1, -0.05) is 0 Å². The minimum atomic E-state index is -0.802. The van der Waals surface area contributed by atoms with Crippen LogP contribution in [0.4, 0.5) is 5.82 Å². The van der Waals surface area contributed by atoms with Crippen molar-refractivity contribution in [3.05, 3.63) is 22.2 Å². The van der Waals surface area contributed by atoms with Crippen LogP contribution in [0.5, 0.6) is 0 Å². The van der Waals surface area contributed by atoms with E-state index >= 15 is 0 Å². The van der Waals surface area contributed by atoms with Gasteiger partial charge in [-0.15, -0.1) is 0 Å². The number of anilines is 1. The highest BCUT2D eigenvalue weighted by molar-refractivity contribution is 5.69. The number of hydrogen-bond donors (Lipinski definition) is 2. The Hall–Kier alpha value is -1.89. The van der Waals surface area contributed by atoms with E-state index in [1.807, 2.05) is 4.90 Å². The molecule has 0 unspecified atom stereocenters. The van der Waals surface area contributed by atoms with E-state index in [4.69, 9.17) is 5.11 Å². The zero-order valence-electron chi connectivity index (χ0n) is 11.2. The summed E-state index contributed by atoms with van der Waals surface area (Å²) in [5.74, 6) is 1.12. The summed E-state index contributed by atoms with van der Waals surface area (Å²) < 4.78 is 0. The number of aromatic amines is 1. The predicted octanol–water partition coefficient (Wildman–Crippen LogP) is -0.146. The molecule has 0 atom stereocenters. The molecule has 1 saturated carbocycles. The maximum absolute atomic E-state index is 11.7. The molecule has 0 bridgehead atoms. The maximum atomic E-state index is 11.7. The average molecular weight is 278 g/mol. The second kappa shape index (κ2) is 5.24. The average Bonchev–Trinajstić information content (AvgIpc) is 3.22. The van der Waals surface area contributed by atoms with E-state index in [1.165, 1.54) is 6.07 Å². The molecule has 0 aromatic carbocycles. The predicted molar refractivity (Wildman–Crippen MR) is 73.1 cm³/mol. The van der Waals surface area contributed by atoms with Gasteiger partial charge in [0, 0.05) is 38.2 Å². The van der Waals surface area contributed by atoms with Gasteiger partial charge in [-0.25, -0.2) is 4.98 Å². The zero-order chi connectivity index (χ0) is 14.1. The molecule has 2 N–H and O–H groups in total.